The van der Waals surface area contributed by atoms with Gasteiger partial charge in [-0.2, -0.15) is 0 Å². The van der Waals surface area contributed by atoms with Gasteiger partial charge in [-0.05, 0) is 48.5 Å². The van der Waals surface area contributed by atoms with E-state index in [1.807, 2.05) is 96.7 Å². The van der Waals surface area contributed by atoms with Crippen LogP contribution in [0.15, 0.2) is 101 Å². The third kappa shape index (κ3) is 4.02. The molecule has 32 heavy (non-hydrogen) atoms. The van der Waals surface area contributed by atoms with Gasteiger partial charge in [0.25, 0.3) is 5.56 Å². The fourth-order valence-electron chi connectivity index (χ4n) is 3.45. The van der Waals surface area contributed by atoms with Crippen LogP contribution < -0.4 is 10.3 Å². The van der Waals surface area contributed by atoms with Crippen LogP contribution in [0.1, 0.15) is 5.82 Å². The van der Waals surface area contributed by atoms with Crippen LogP contribution in [0.3, 0.4) is 0 Å². The number of fused-ring (bicyclic) bond motifs is 1. The summed E-state index contributed by atoms with van der Waals surface area (Å²) in [7, 11) is 1.95. The molecule has 0 radical (unpaired) electrons. The average Bonchev–Trinajstić information content (AvgIpc) is 3.24. The lowest BCUT2D eigenvalue weighted by molar-refractivity contribution is 0.482. The largest absolute Gasteiger partial charge is 0.457 e. The first-order valence-electron chi connectivity index (χ1n) is 10.1. The number of aryl methyl sites for hydroxylation is 1. The second kappa shape index (κ2) is 8.72. The van der Waals surface area contributed by atoms with E-state index in [0.29, 0.717) is 28.2 Å². The Hall–Kier alpha value is -3.84. The zero-order valence-corrected chi connectivity index (χ0v) is 18.2. The lowest BCUT2D eigenvalue weighted by atomic mass is 10.2. The predicted octanol–water partition coefficient (Wildman–Crippen LogP) is 5.20. The molecule has 0 aliphatic heterocycles. The lowest BCUT2D eigenvalue weighted by Crippen LogP contribution is -2.23. The number of thioether (sulfide) groups is 1. The van der Waals surface area contributed by atoms with Gasteiger partial charge in [-0.1, -0.05) is 42.1 Å². The number of nitrogens with zero attached hydrogens (tertiary/aromatic N) is 4. The maximum atomic E-state index is 13.4. The molecule has 0 bridgehead atoms. The third-order valence-electron chi connectivity index (χ3n) is 5.03. The zero-order valence-electron chi connectivity index (χ0n) is 17.4. The van der Waals surface area contributed by atoms with E-state index in [4.69, 9.17) is 9.72 Å². The fraction of sp³-hybridized carbons (Fsp3) is 0.0800. The van der Waals surface area contributed by atoms with Gasteiger partial charge in [0.15, 0.2) is 5.16 Å². The highest BCUT2D eigenvalue weighted by atomic mass is 32.2. The number of rotatable bonds is 6. The molecule has 0 amide bonds. The topological polar surface area (TPSA) is 61.9 Å². The van der Waals surface area contributed by atoms with Crippen LogP contribution in [0.5, 0.6) is 11.5 Å². The van der Waals surface area contributed by atoms with Crippen molar-refractivity contribution in [1.29, 1.82) is 0 Å². The molecule has 0 saturated carbocycles. The van der Waals surface area contributed by atoms with E-state index in [1.54, 1.807) is 22.5 Å². The lowest BCUT2D eigenvalue weighted by Gasteiger charge is -2.14. The molecule has 2 aromatic heterocycles. The van der Waals surface area contributed by atoms with Crippen molar-refractivity contribution >= 4 is 22.7 Å². The minimum Gasteiger partial charge on any atom is -0.457 e. The van der Waals surface area contributed by atoms with Crippen molar-refractivity contribution in [2.45, 2.75) is 10.9 Å². The maximum absolute atomic E-state index is 13.4. The third-order valence-corrected chi connectivity index (χ3v) is 6.08. The van der Waals surface area contributed by atoms with E-state index < -0.39 is 0 Å². The van der Waals surface area contributed by atoms with E-state index in [0.717, 1.165) is 16.6 Å². The molecule has 0 aliphatic rings. The van der Waals surface area contributed by atoms with Crippen LogP contribution >= 0.6 is 11.8 Å². The van der Waals surface area contributed by atoms with Crippen LogP contribution in [0.4, 0.5) is 0 Å². The molecule has 2 heterocycles. The molecular formula is C25H20N4O2S. The van der Waals surface area contributed by atoms with E-state index in [-0.39, 0.29) is 5.56 Å². The first kappa shape index (κ1) is 20.1. The van der Waals surface area contributed by atoms with Crippen molar-refractivity contribution in [2.75, 3.05) is 0 Å². The van der Waals surface area contributed by atoms with Crippen LogP contribution in [0, 0.1) is 0 Å². The van der Waals surface area contributed by atoms with Crippen LogP contribution in [-0.4, -0.2) is 19.1 Å². The summed E-state index contributed by atoms with van der Waals surface area (Å²) in [5.74, 6) is 2.63. The predicted molar refractivity (Wildman–Crippen MR) is 127 cm³/mol. The molecule has 0 unspecified atom stereocenters. The maximum Gasteiger partial charge on any atom is 0.265 e. The Labute approximate surface area is 189 Å². The highest BCUT2D eigenvalue weighted by molar-refractivity contribution is 7.98. The van der Waals surface area contributed by atoms with Crippen molar-refractivity contribution < 1.29 is 4.74 Å². The molecule has 158 valence electrons. The molecule has 0 aliphatic carbocycles. The monoisotopic (exact) mass is 440 g/mol. The van der Waals surface area contributed by atoms with E-state index in [9.17, 15) is 4.79 Å². The van der Waals surface area contributed by atoms with Crippen LogP contribution in [0.2, 0.25) is 0 Å². The number of benzene rings is 3. The second-order valence-corrected chi connectivity index (χ2v) is 8.15. The molecular weight excluding hydrogens is 420 g/mol. The minimum atomic E-state index is -0.0947. The molecule has 0 saturated heterocycles. The van der Waals surface area contributed by atoms with Gasteiger partial charge in [0, 0.05) is 19.4 Å². The minimum absolute atomic E-state index is 0.0947. The molecule has 5 aromatic rings. The fourth-order valence-corrected chi connectivity index (χ4v) is 4.30. The molecule has 3 aromatic carbocycles. The molecule has 7 heteroatoms. The van der Waals surface area contributed by atoms with Gasteiger partial charge in [0.1, 0.15) is 17.3 Å². The van der Waals surface area contributed by atoms with Gasteiger partial charge in [-0.25, -0.2) is 9.97 Å². The highest BCUT2D eigenvalue weighted by Gasteiger charge is 2.14. The van der Waals surface area contributed by atoms with Gasteiger partial charge in [-0.3, -0.25) is 9.36 Å². The normalized spacial score (nSPS) is 11.0. The van der Waals surface area contributed by atoms with Crippen molar-refractivity contribution in [3.63, 3.8) is 0 Å². The second-order valence-electron chi connectivity index (χ2n) is 7.20. The van der Waals surface area contributed by atoms with Gasteiger partial charge in [0.2, 0.25) is 0 Å². The van der Waals surface area contributed by atoms with Crippen molar-refractivity contribution in [2.24, 2.45) is 7.05 Å². The first-order valence-corrected chi connectivity index (χ1v) is 11.1. The quantitative estimate of drug-likeness (QED) is 0.340. The van der Waals surface area contributed by atoms with Gasteiger partial charge in [0.05, 0.1) is 22.3 Å². The molecule has 0 atom stereocenters. The Bertz CT molecular complexity index is 1430. The molecule has 0 N–H and O–H groups in total. The summed E-state index contributed by atoms with van der Waals surface area (Å²) in [5.41, 5.74) is 1.33. The Morgan fingerprint density at radius 1 is 0.906 bits per heavy atom. The average molecular weight is 441 g/mol. The number of hydrogen-bond acceptors (Lipinski definition) is 5. The standard InChI is InChI=1S/C25H20N4O2S/c1-28-16-15-26-25(28)32-17-23-27-22-10-6-5-9-21(22)24(30)29(23)18-11-13-20(14-12-18)31-19-7-3-2-4-8-19/h2-16H,17H2,1H3. The van der Waals surface area contributed by atoms with E-state index >= 15 is 0 Å². The smallest absolute Gasteiger partial charge is 0.265 e. The highest BCUT2D eigenvalue weighted by Crippen LogP contribution is 2.25. The van der Waals surface area contributed by atoms with Gasteiger partial charge >= 0.3 is 0 Å². The molecule has 5 rings (SSSR count). The van der Waals surface area contributed by atoms with Crippen molar-refractivity contribution in [3.05, 3.63) is 107 Å². The van der Waals surface area contributed by atoms with E-state index in [2.05, 4.69) is 4.98 Å². The number of ether oxygens (including phenoxy) is 1. The molecule has 0 fully saturated rings. The Kier molecular flexibility index (Phi) is 5.47. The Morgan fingerprint density at radius 2 is 1.62 bits per heavy atom. The Morgan fingerprint density at radius 3 is 2.38 bits per heavy atom. The summed E-state index contributed by atoms with van der Waals surface area (Å²) in [6.07, 6.45) is 3.66. The number of aromatic nitrogens is 4. The van der Waals surface area contributed by atoms with E-state index in [1.165, 1.54) is 0 Å². The summed E-state index contributed by atoms with van der Waals surface area (Å²) in [5, 5.41) is 1.45. The van der Waals surface area contributed by atoms with Gasteiger partial charge < -0.3 is 9.30 Å². The van der Waals surface area contributed by atoms with Gasteiger partial charge in [-0.15, -0.1) is 0 Å². The summed E-state index contributed by atoms with van der Waals surface area (Å²) < 4.78 is 9.51. The SMILES string of the molecule is Cn1ccnc1SCc1nc2ccccc2c(=O)n1-c1ccc(Oc2ccccc2)cc1. The van der Waals surface area contributed by atoms with Crippen LogP contribution in [0.25, 0.3) is 16.6 Å². The first-order chi connectivity index (χ1) is 15.7. The summed E-state index contributed by atoms with van der Waals surface area (Å²) >= 11 is 1.54. The number of para-hydroxylation sites is 2. The number of hydrogen-bond donors (Lipinski definition) is 0. The summed E-state index contributed by atoms with van der Waals surface area (Å²) in [4.78, 5) is 22.6. The number of imidazole rings is 1. The van der Waals surface area contributed by atoms with Crippen molar-refractivity contribution in [1.82, 2.24) is 19.1 Å². The summed E-state index contributed by atoms with van der Waals surface area (Å²) in [6.45, 7) is 0. The Balaban J connectivity index is 1.53. The summed E-state index contributed by atoms with van der Waals surface area (Å²) in [6, 6.07) is 24.5. The molecule has 6 nitrogen and oxygen atoms in total. The van der Waals surface area contributed by atoms with Crippen molar-refractivity contribution in [3.8, 4) is 17.2 Å². The zero-order chi connectivity index (χ0) is 21.9. The molecule has 0 spiro atoms. The van der Waals surface area contributed by atoms with Crippen LogP contribution in [-0.2, 0) is 12.8 Å².